The van der Waals surface area contributed by atoms with Crippen LogP contribution in [-0.4, -0.2) is 16.5 Å². The van der Waals surface area contributed by atoms with Crippen molar-refractivity contribution in [3.8, 4) is 0 Å². The van der Waals surface area contributed by atoms with Gasteiger partial charge in [-0.2, -0.15) is 0 Å². The van der Waals surface area contributed by atoms with Gasteiger partial charge in [-0.25, -0.2) is 0 Å². The molecule has 3 aliphatic rings. The van der Waals surface area contributed by atoms with Gasteiger partial charge in [-0.3, -0.25) is 4.79 Å². The summed E-state index contributed by atoms with van der Waals surface area (Å²) in [6.07, 6.45) is 8.20. The fourth-order valence-corrected chi connectivity index (χ4v) is 4.65. The number of ketones is 1. The number of hydrogen-bond donors (Lipinski definition) is 1. The molecule has 0 saturated heterocycles. The molecule has 2 nitrogen and oxygen atoms in total. The molecule has 1 N–H and O–H groups in total. The van der Waals surface area contributed by atoms with Crippen LogP contribution in [0.15, 0.2) is 30.3 Å². The number of aliphatic hydroxyl groups is 1. The first-order chi connectivity index (χ1) is 9.68. The molecular formula is C18H20O2. The summed E-state index contributed by atoms with van der Waals surface area (Å²) < 4.78 is 0. The van der Waals surface area contributed by atoms with Crippen molar-refractivity contribution in [2.45, 2.75) is 43.6 Å². The van der Waals surface area contributed by atoms with Crippen molar-refractivity contribution < 1.29 is 9.90 Å². The van der Waals surface area contributed by atoms with Gasteiger partial charge in [0.2, 0.25) is 0 Å². The van der Waals surface area contributed by atoms with E-state index in [9.17, 15) is 9.90 Å². The van der Waals surface area contributed by atoms with E-state index in [1.54, 1.807) is 0 Å². The third-order valence-electron chi connectivity index (χ3n) is 5.70. The molecule has 0 aliphatic heterocycles. The van der Waals surface area contributed by atoms with Crippen LogP contribution in [0.2, 0.25) is 0 Å². The second-order valence-corrected chi connectivity index (χ2v) is 6.63. The minimum absolute atomic E-state index is 0.167. The van der Waals surface area contributed by atoms with Gasteiger partial charge < -0.3 is 5.11 Å². The molecule has 4 rings (SSSR count). The molecule has 0 spiro atoms. The minimum Gasteiger partial charge on any atom is -0.389 e. The maximum Gasteiger partial charge on any atom is 0.133 e. The molecule has 2 heteroatoms. The van der Waals surface area contributed by atoms with Gasteiger partial charge in [0.15, 0.2) is 0 Å². The number of hydrogen-bond acceptors (Lipinski definition) is 2. The van der Waals surface area contributed by atoms with Gasteiger partial charge in [-0.15, -0.1) is 0 Å². The molecule has 20 heavy (non-hydrogen) atoms. The predicted molar refractivity (Wildman–Crippen MR) is 78.2 cm³/mol. The number of benzene rings is 1. The Balaban J connectivity index is 1.75. The van der Waals surface area contributed by atoms with E-state index in [1.165, 1.54) is 11.1 Å². The molecule has 0 aromatic heterocycles. The van der Waals surface area contributed by atoms with Crippen LogP contribution < -0.4 is 0 Å². The Morgan fingerprint density at radius 2 is 2.05 bits per heavy atom. The fourth-order valence-electron chi connectivity index (χ4n) is 4.65. The molecule has 0 heterocycles. The number of carbonyl (C=O) groups is 1. The number of Topliss-reactive ketones (excluding diaryl/α,β-unsaturated/α-hetero) is 1. The van der Waals surface area contributed by atoms with Gasteiger partial charge in [0, 0.05) is 18.8 Å². The number of carbonyl (C=O) groups excluding carboxylic acids is 1. The molecule has 1 aromatic rings. The third kappa shape index (κ3) is 1.64. The van der Waals surface area contributed by atoms with Crippen molar-refractivity contribution >= 4 is 11.9 Å². The van der Waals surface area contributed by atoms with Gasteiger partial charge in [0.25, 0.3) is 0 Å². The molecule has 1 aromatic carbocycles. The first-order valence-electron chi connectivity index (χ1n) is 7.70. The van der Waals surface area contributed by atoms with Crippen molar-refractivity contribution in [2.24, 2.45) is 11.8 Å². The highest BCUT2D eigenvalue weighted by Crippen LogP contribution is 2.54. The lowest BCUT2D eigenvalue weighted by molar-refractivity contribution is -0.143. The van der Waals surface area contributed by atoms with E-state index < -0.39 is 5.60 Å². The lowest BCUT2D eigenvalue weighted by Crippen LogP contribution is -2.53. The molecule has 0 amide bonds. The maximum absolute atomic E-state index is 11.7. The van der Waals surface area contributed by atoms with E-state index in [0.29, 0.717) is 31.0 Å². The fraction of sp³-hybridized carbons (Fsp3) is 0.500. The van der Waals surface area contributed by atoms with Crippen molar-refractivity contribution in [3.63, 3.8) is 0 Å². The van der Waals surface area contributed by atoms with Crippen LogP contribution in [0.25, 0.3) is 6.08 Å². The van der Waals surface area contributed by atoms with Crippen LogP contribution in [0.3, 0.4) is 0 Å². The second kappa shape index (κ2) is 4.29. The Hall–Kier alpha value is -1.41. The summed E-state index contributed by atoms with van der Waals surface area (Å²) in [5.41, 5.74) is 2.01. The Morgan fingerprint density at radius 3 is 2.95 bits per heavy atom. The first-order valence-corrected chi connectivity index (χ1v) is 7.70. The van der Waals surface area contributed by atoms with E-state index in [0.717, 1.165) is 12.8 Å². The SMILES string of the molecule is O=C1CC[C@@]2(O)[C@H](CC[C@H]3c4ccccc4C=C[C@H]32)C1. The Bertz CT molecular complexity index is 589. The molecule has 2 fully saturated rings. The average molecular weight is 268 g/mol. The van der Waals surface area contributed by atoms with Crippen LogP contribution in [0.5, 0.6) is 0 Å². The zero-order chi connectivity index (χ0) is 13.7. The zero-order valence-electron chi connectivity index (χ0n) is 11.6. The van der Waals surface area contributed by atoms with Crippen LogP contribution in [0.1, 0.15) is 49.1 Å². The summed E-state index contributed by atoms with van der Waals surface area (Å²) in [6, 6.07) is 8.52. The average Bonchev–Trinajstić information content (AvgIpc) is 2.47. The van der Waals surface area contributed by atoms with Crippen LogP contribution >= 0.6 is 0 Å². The summed E-state index contributed by atoms with van der Waals surface area (Å²) >= 11 is 0. The van der Waals surface area contributed by atoms with Crippen molar-refractivity contribution in [2.75, 3.05) is 0 Å². The molecule has 0 radical (unpaired) electrons. The summed E-state index contributed by atoms with van der Waals surface area (Å²) in [5, 5.41) is 11.2. The maximum atomic E-state index is 11.7. The van der Waals surface area contributed by atoms with Crippen LogP contribution in [-0.2, 0) is 4.79 Å². The van der Waals surface area contributed by atoms with Crippen LogP contribution in [0.4, 0.5) is 0 Å². The van der Waals surface area contributed by atoms with E-state index in [-0.39, 0.29) is 11.8 Å². The highest BCUT2D eigenvalue weighted by Gasteiger charge is 2.52. The molecule has 4 atom stereocenters. The highest BCUT2D eigenvalue weighted by molar-refractivity contribution is 5.80. The second-order valence-electron chi connectivity index (χ2n) is 6.63. The van der Waals surface area contributed by atoms with Gasteiger partial charge in [-0.1, -0.05) is 36.4 Å². The summed E-state index contributed by atoms with van der Waals surface area (Å²) in [6.45, 7) is 0. The molecule has 104 valence electrons. The van der Waals surface area contributed by atoms with Crippen LogP contribution in [0, 0.1) is 11.8 Å². The highest BCUT2D eigenvalue weighted by atomic mass is 16.3. The molecule has 3 aliphatic carbocycles. The largest absolute Gasteiger partial charge is 0.389 e. The topological polar surface area (TPSA) is 37.3 Å². The normalized spacial score (nSPS) is 38.9. The zero-order valence-corrected chi connectivity index (χ0v) is 11.6. The molecule has 0 bridgehead atoms. The van der Waals surface area contributed by atoms with E-state index in [4.69, 9.17) is 0 Å². The summed E-state index contributed by atoms with van der Waals surface area (Å²) in [7, 11) is 0. The van der Waals surface area contributed by atoms with E-state index in [2.05, 4.69) is 36.4 Å². The van der Waals surface area contributed by atoms with E-state index >= 15 is 0 Å². The monoisotopic (exact) mass is 268 g/mol. The van der Waals surface area contributed by atoms with Crippen molar-refractivity contribution in [1.82, 2.24) is 0 Å². The molecule has 2 saturated carbocycles. The van der Waals surface area contributed by atoms with Crippen molar-refractivity contribution in [3.05, 3.63) is 41.5 Å². The molecular weight excluding hydrogens is 248 g/mol. The smallest absolute Gasteiger partial charge is 0.133 e. The first kappa shape index (κ1) is 12.3. The van der Waals surface area contributed by atoms with Gasteiger partial charge >= 0.3 is 0 Å². The number of fused-ring (bicyclic) bond motifs is 5. The van der Waals surface area contributed by atoms with Gasteiger partial charge in [0.05, 0.1) is 5.60 Å². The Labute approximate surface area is 119 Å². The number of rotatable bonds is 0. The van der Waals surface area contributed by atoms with Gasteiger partial charge in [-0.05, 0) is 42.2 Å². The van der Waals surface area contributed by atoms with Gasteiger partial charge in [0.1, 0.15) is 5.78 Å². The third-order valence-corrected chi connectivity index (χ3v) is 5.70. The summed E-state index contributed by atoms with van der Waals surface area (Å²) in [5.74, 6) is 1.10. The minimum atomic E-state index is -0.666. The Kier molecular flexibility index (Phi) is 2.65. The van der Waals surface area contributed by atoms with Crippen molar-refractivity contribution in [1.29, 1.82) is 0 Å². The molecule has 0 unspecified atom stereocenters. The lowest BCUT2D eigenvalue weighted by Gasteiger charge is -2.52. The summed E-state index contributed by atoms with van der Waals surface area (Å²) in [4.78, 5) is 11.7. The standard InChI is InChI=1S/C18H20O2/c19-14-9-10-18(20)13(11-14)6-7-16-15-4-2-1-3-12(15)5-8-17(16)18/h1-5,8,13,16-17,20H,6-7,9-11H2/t13-,16+,17-,18-/m1/s1. The van der Waals surface area contributed by atoms with E-state index in [1.807, 2.05) is 0 Å². The lowest BCUT2D eigenvalue weighted by atomic mass is 9.55. The predicted octanol–water partition coefficient (Wildman–Crippen LogP) is 3.31. The Morgan fingerprint density at radius 1 is 1.20 bits per heavy atom. The quantitative estimate of drug-likeness (QED) is 0.784.